The zero-order chi connectivity index (χ0) is 18.5. The number of likely N-dealkylation sites (tertiary alicyclic amines) is 1. The van der Waals surface area contributed by atoms with Gasteiger partial charge in [0.2, 0.25) is 0 Å². The van der Waals surface area contributed by atoms with Gasteiger partial charge in [0, 0.05) is 19.0 Å². The summed E-state index contributed by atoms with van der Waals surface area (Å²) in [7, 11) is 0. The van der Waals surface area contributed by atoms with Gasteiger partial charge in [-0.1, -0.05) is 18.2 Å². The summed E-state index contributed by atoms with van der Waals surface area (Å²) in [5.74, 6) is 0.0449. The number of hydrogen-bond donors (Lipinski definition) is 2. The van der Waals surface area contributed by atoms with Crippen LogP contribution in [0.2, 0.25) is 0 Å². The molecule has 1 heterocycles. The van der Waals surface area contributed by atoms with E-state index in [0.29, 0.717) is 30.2 Å². The monoisotopic (exact) mass is 378 g/mol. The van der Waals surface area contributed by atoms with Gasteiger partial charge in [-0.15, -0.1) is 0 Å². The quantitative estimate of drug-likeness (QED) is 0.758. The molecule has 7 heteroatoms. The van der Waals surface area contributed by atoms with E-state index >= 15 is 0 Å². The van der Waals surface area contributed by atoms with E-state index in [1.165, 1.54) is 12.1 Å². The van der Waals surface area contributed by atoms with Crippen molar-refractivity contribution in [1.82, 2.24) is 4.90 Å². The summed E-state index contributed by atoms with van der Waals surface area (Å²) in [5.41, 5.74) is 0.776. The minimum Gasteiger partial charge on any atom is -0.484 e. The number of aliphatic hydroxyl groups is 1. The van der Waals surface area contributed by atoms with E-state index in [0.717, 1.165) is 5.56 Å². The number of nitrogens with zero attached hydrogens (tertiary/aromatic N) is 1. The largest absolute Gasteiger partial charge is 0.484 e. The Balaban J connectivity index is 1.51. The van der Waals surface area contributed by atoms with E-state index in [4.69, 9.17) is 9.84 Å². The lowest BCUT2D eigenvalue weighted by Gasteiger charge is -2.16. The van der Waals surface area contributed by atoms with Gasteiger partial charge in [-0.05, 0) is 29.8 Å². The molecule has 2 N–H and O–H groups in total. The molecule has 1 aliphatic heterocycles. The molecule has 0 radical (unpaired) electrons. The molecule has 0 spiro atoms. The molecule has 2 unspecified atom stereocenters. The smallest absolute Gasteiger partial charge is 0.260 e. The summed E-state index contributed by atoms with van der Waals surface area (Å²) in [6, 6.07) is 12.9. The van der Waals surface area contributed by atoms with Crippen LogP contribution < -0.4 is 4.74 Å². The number of carbonyl (C=O) groups is 1. The Bertz CT molecular complexity index is 755. The molecule has 2 aromatic rings. The zero-order valence-corrected chi connectivity index (χ0v) is 15.0. The highest BCUT2D eigenvalue weighted by Gasteiger charge is 2.40. The van der Waals surface area contributed by atoms with E-state index in [2.05, 4.69) is 0 Å². The number of hydrogen-bond acceptors (Lipinski definition) is 4. The molecule has 2 atom stereocenters. The Morgan fingerprint density at radius 2 is 2.04 bits per heavy atom. The zero-order valence-electron chi connectivity index (χ0n) is 14.2. The van der Waals surface area contributed by atoms with Crippen LogP contribution in [0.5, 0.6) is 5.75 Å². The summed E-state index contributed by atoms with van der Waals surface area (Å²) >= 11 is -1.10. The third-order valence-electron chi connectivity index (χ3n) is 4.32. The minimum absolute atomic E-state index is 0.0389. The van der Waals surface area contributed by atoms with Crippen LogP contribution >= 0.6 is 0 Å². The normalized spacial score (nSPS) is 18.0. The molecule has 3 rings (SSSR count). The highest BCUT2D eigenvalue weighted by Crippen LogP contribution is 2.24. The van der Waals surface area contributed by atoms with Crippen molar-refractivity contribution in [2.24, 2.45) is 0 Å². The fourth-order valence-electron chi connectivity index (χ4n) is 2.85. The van der Waals surface area contributed by atoms with Gasteiger partial charge >= 0.3 is 0 Å². The third kappa shape index (κ3) is 4.55. The SMILES string of the molecule is O=C(COc1ccc(CO)cc1)N1CCC([S+](O)c2cccc(F)c2)C1. The predicted molar refractivity (Wildman–Crippen MR) is 97.5 cm³/mol. The Morgan fingerprint density at radius 1 is 1.27 bits per heavy atom. The fraction of sp³-hybridized carbons (Fsp3) is 0.316. The minimum atomic E-state index is -1.10. The lowest BCUT2D eigenvalue weighted by atomic mass is 10.2. The van der Waals surface area contributed by atoms with Gasteiger partial charge in [0.15, 0.2) is 27.9 Å². The molecule has 138 valence electrons. The van der Waals surface area contributed by atoms with Crippen molar-refractivity contribution in [3.63, 3.8) is 0 Å². The lowest BCUT2D eigenvalue weighted by molar-refractivity contribution is -0.132. The Labute approximate surface area is 154 Å². The van der Waals surface area contributed by atoms with E-state index in [-0.39, 0.29) is 30.2 Å². The van der Waals surface area contributed by atoms with Gasteiger partial charge in [0.25, 0.3) is 5.91 Å². The number of aliphatic hydroxyl groups excluding tert-OH is 1. The first-order valence-corrected chi connectivity index (χ1v) is 9.59. The van der Waals surface area contributed by atoms with Gasteiger partial charge in [-0.25, -0.2) is 4.39 Å². The summed E-state index contributed by atoms with van der Waals surface area (Å²) < 4.78 is 29.3. The van der Waals surface area contributed by atoms with Crippen molar-refractivity contribution in [2.75, 3.05) is 19.7 Å². The molecular weight excluding hydrogens is 357 g/mol. The fourth-order valence-corrected chi connectivity index (χ4v) is 4.34. The first-order chi connectivity index (χ1) is 12.6. The number of ether oxygens (including phenoxy) is 1. The summed E-state index contributed by atoms with van der Waals surface area (Å²) in [6.07, 6.45) is 0.674. The van der Waals surface area contributed by atoms with Crippen molar-refractivity contribution >= 4 is 17.1 Å². The highest BCUT2D eigenvalue weighted by molar-refractivity contribution is 7.92. The number of halogens is 1. The van der Waals surface area contributed by atoms with E-state index < -0.39 is 11.2 Å². The van der Waals surface area contributed by atoms with Gasteiger partial charge < -0.3 is 14.7 Å². The van der Waals surface area contributed by atoms with E-state index in [9.17, 15) is 13.7 Å². The number of rotatable bonds is 6. The second kappa shape index (κ2) is 8.53. The van der Waals surface area contributed by atoms with Crippen LogP contribution in [-0.2, 0) is 22.6 Å². The highest BCUT2D eigenvalue weighted by atomic mass is 32.2. The molecule has 26 heavy (non-hydrogen) atoms. The lowest BCUT2D eigenvalue weighted by Crippen LogP contribution is -2.35. The molecule has 5 nitrogen and oxygen atoms in total. The van der Waals surface area contributed by atoms with Crippen molar-refractivity contribution in [3.8, 4) is 5.75 Å². The van der Waals surface area contributed by atoms with Crippen LogP contribution in [-0.4, -0.2) is 45.4 Å². The molecule has 0 aromatic heterocycles. The summed E-state index contributed by atoms with van der Waals surface area (Å²) in [4.78, 5) is 14.6. The topological polar surface area (TPSA) is 70.0 Å². The maximum atomic E-state index is 13.3. The predicted octanol–water partition coefficient (Wildman–Crippen LogP) is 2.45. The maximum absolute atomic E-state index is 13.3. The first kappa shape index (κ1) is 18.7. The van der Waals surface area contributed by atoms with Crippen LogP contribution in [0.3, 0.4) is 0 Å². The van der Waals surface area contributed by atoms with Gasteiger partial charge in [0.05, 0.1) is 13.2 Å². The maximum Gasteiger partial charge on any atom is 0.260 e. The van der Waals surface area contributed by atoms with E-state index in [1.807, 2.05) is 0 Å². The van der Waals surface area contributed by atoms with Crippen molar-refractivity contribution in [3.05, 3.63) is 59.9 Å². The summed E-state index contributed by atoms with van der Waals surface area (Å²) in [5, 5.41) is 8.92. The summed E-state index contributed by atoms with van der Waals surface area (Å²) in [6.45, 7) is 0.866. The third-order valence-corrected chi connectivity index (χ3v) is 6.07. The Hall–Kier alpha value is -2.09. The van der Waals surface area contributed by atoms with Crippen LogP contribution in [0.1, 0.15) is 12.0 Å². The second-order valence-corrected chi connectivity index (χ2v) is 7.88. The van der Waals surface area contributed by atoms with Crippen LogP contribution in [0.4, 0.5) is 4.39 Å². The number of benzene rings is 2. The first-order valence-electron chi connectivity index (χ1n) is 8.35. The van der Waals surface area contributed by atoms with E-state index in [1.54, 1.807) is 41.3 Å². The standard InChI is InChI=1S/C19H21FNO4S/c20-15-2-1-3-17(10-15)26(24)18-8-9-21(11-18)19(23)13-25-16-6-4-14(12-22)5-7-16/h1-7,10,18,22,24H,8-9,11-13H2/q+1. The van der Waals surface area contributed by atoms with Crippen LogP contribution in [0, 0.1) is 5.82 Å². The van der Waals surface area contributed by atoms with Crippen LogP contribution in [0.25, 0.3) is 0 Å². The van der Waals surface area contributed by atoms with Gasteiger partial charge in [-0.2, -0.15) is 4.55 Å². The second-order valence-electron chi connectivity index (χ2n) is 6.11. The molecule has 2 aromatic carbocycles. The molecule has 1 aliphatic rings. The molecule has 0 aliphatic carbocycles. The average molecular weight is 378 g/mol. The van der Waals surface area contributed by atoms with Crippen molar-refractivity contribution in [2.45, 2.75) is 23.2 Å². The molecule has 0 bridgehead atoms. The van der Waals surface area contributed by atoms with Gasteiger partial charge in [0.1, 0.15) is 11.6 Å². The molecular formula is C19H21FNO4S+. The molecule has 1 fully saturated rings. The molecule has 1 saturated heterocycles. The van der Waals surface area contributed by atoms with Crippen LogP contribution in [0.15, 0.2) is 53.4 Å². The van der Waals surface area contributed by atoms with Crippen molar-refractivity contribution in [1.29, 1.82) is 0 Å². The van der Waals surface area contributed by atoms with Gasteiger partial charge in [-0.3, -0.25) is 4.79 Å². The Morgan fingerprint density at radius 3 is 2.73 bits per heavy atom. The molecule has 0 saturated carbocycles. The number of amides is 1. The molecule has 1 amide bonds. The average Bonchev–Trinajstić information content (AvgIpc) is 3.16. The number of carbonyl (C=O) groups excluding carboxylic acids is 1. The van der Waals surface area contributed by atoms with Crippen molar-refractivity contribution < 1.29 is 23.6 Å². The Kier molecular flexibility index (Phi) is 6.13.